The Morgan fingerprint density at radius 3 is 2.04 bits per heavy atom. The Balaban J connectivity index is 1.83. The molecule has 0 aliphatic carbocycles. The lowest BCUT2D eigenvalue weighted by Gasteiger charge is -2.14. The minimum atomic E-state index is -0.484. The second kappa shape index (κ2) is 7.48. The summed E-state index contributed by atoms with van der Waals surface area (Å²) in [5, 5.41) is 0.414. The summed E-state index contributed by atoms with van der Waals surface area (Å²) in [6.45, 7) is 2.36. The highest BCUT2D eigenvalue weighted by Gasteiger charge is 2.37. The fraction of sp³-hybridized carbons (Fsp3) is 0.211. The van der Waals surface area contributed by atoms with E-state index in [0.29, 0.717) is 17.9 Å². The normalized spacial score (nSPS) is 13.1. The molecular weight excluding hydrogens is 377 g/mol. The number of benzene rings is 2. The van der Waals surface area contributed by atoms with E-state index in [4.69, 9.17) is 27.9 Å². The molecule has 0 radical (unpaired) electrons. The van der Waals surface area contributed by atoms with Gasteiger partial charge in [-0.25, -0.2) is 9.69 Å². The largest absolute Gasteiger partial charge is 0.462 e. The molecule has 1 aliphatic heterocycles. The summed E-state index contributed by atoms with van der Waals surface area (Å²) in [6, 6.07) is 8.88. The van der Waals surface area contributed by atoms with Gasteiger partial charge in [0.25, 0.3) is 11.8 Å². The minimum absolute atomic E-state index is 0.201. The summed E-state index contributed by atoms with van der Waals surface area (Å²) in [6.07, 6.45) is 1.73. The molecule has 0 bridgehead atoms. The zero-order valence-electron chi connectivity index (χ0n) is 13.9. The van der Waals surface area contributed by atoms with E-state index < -0.39 is 17.8 Å². The third-order valence-electron chi connectivity index (χ3n) is 4.02. The smallest absolute Gasteiger partial charge is 0.338 e. The van der Waals surface area contributed by atoms with E-state index in [-0.39, 0.29) is 21.2 Å². The first-order valence-electron chi connectivity index (χ1n) is 8.09. The molecule has 7 heteroatoms. The minimum Gasteiger partial charge on any atom is -0.462 e. The Hall–Kier alpha value is -2.37. The maximum absolute atomic E-state index is 12.6. The Labute approximate surface area is 160 Å². The molecule has 3 rings (SSSR count). The van der Waals surface area contributed by atoms with Crippen LogP contribution in [0.2, 0.25) is 10.0 Å². The fourth-order valence-corrected chi connectivity index (χ4v) is 2.93. The van der Waals surface area contributed by atoms with E-state index in [2.05, 4.69) is 0 Å². The molecular formula is C19H15Cl2NO4. The van der Waals surface area contributed by atoms with E-state index in [0.717, 1.165) is 17.7 Å². The zero-order valence-corrected chi connectivity index (χ0v) is 15.4. The Kier molecular flexibility index (Phi) is 5.30. The SMILES string of the molecule is CCCCOC(=O)c1ccc(N2C(=O)c3cc(Cl)c(Cl)cc3C2=O)cc1. The van der Waals surface area contributed by atoms with E-state index >= 15 is 0 Å². The topological polar surface area (TPSA) is 63.7 Å². The number of rotatable bonds is 5. The first kappa shape index (κ1) is 18.4. The van der Waals surface area contributed by atoms with Gasteiger partial charge in [0.05, 0.1) is 39.0 Å². The molecule has 0 saturated heterocycles. The maximum Gasteiger partial charge on any atom is 0.338 e. The molecule has 0 aromatic heterocycles. The second-order valence-electron chi connectivity index (χ2n) is 5.79. The third kappa shape index (κ3) is 3.32. The van der Waals surface area contributed by atoms with Crippen LogP contribution in [0, 0.1) is 0 Å². The second-order valence-corrected chi connectivity index (χ2v) is 6.61. The highest BCUT2D eigenvalue weighted by atomic mass is 35.5. The lowest BCUT2D eigenvalue weighted by atomic mass is 10.1. The molecule has 2 amide bonds. The predicted molar refractivity (Wildman–Crippen MR) is 99.2 cm³/mol. The van der Waals surface area contributed by atoms with Crippen LogP contribution >= 0.6 is 23.2 Å². The van der Waals surface area contributed by atoms with Gasteiger partial charge >= 0.3 is 5.97 Å². The van der Waals surface area contributed by atoms with Gasteiger partial charge in [0.2, 0.25) is 0 Å². The van der Waals surface area contributed by atoms with Crippen molar-refractivity contribution in [2.75, 3.05) is 11.5 Å². The number of carbonyl (C=O) groups is 3. The van der Waals surface area contributed by atoms with Gasteiger partial charge in [-0.1, -0.05) is 36.5 Å². The predicted octanol–water partition coefficient (Wildman–Crippen LogP) is 4.75. The van der Waals surface area contributed by atoms with E-state index in [9.17, 15) is 14.4 Å². The summed E-state index contributed by atoms with van der Waals surface area (Å²) < 4.78 is 5.14. The number of unbranched alkanes of at least 4 members (excludes halogenated alkanes) is 1. The Morgan fingerprint density at radius 2 is 1.54 bits per heavy atom. The van der Waals surface area contributed by atoms with Gasteiger partial charge in [0.1, 0.15) is 0 Å². The van der Waals surface area contributed by atoms with Gasteiger partial charge in [-0.2, -0.15) is 0 Å². The van der Waals surface area contributed by atoms with Crippen LogP contribution in [0.1, 0.15) is 50.8 Å². The molecule has 0 N–H and O–H groups in total. The summed E-state index contributed by atoms with van der Waals surface area (Å²) in [7, 11) is 0. The van der Waals surface area contributed by atoms with Crippen LogP contribution in [0.15, 0.2) is 36.4 Å². The maximum atomic E-state index is 12.6. The van der Waals surface area contributed by atoms with Gasteiger partial charge in [0, 0.05) is 0 Å². The molecule has 0 fully saturated rings. The molecule has 26 heavy (non-hydrogen) atoms. The molecule has 2 aromatic rings. The number of hydrogen-bond acceptors (Lipinski definition) is 4. The first-order chi connectivity index (χ1) is 12.4. The van der Waals surface area contributed by atoms with Crippen molar-refractivity contribution in [2.24, 2.45) is 0 Å². The van der Waals surface area contributed by atoms with Crippen LogP contribution in [-0.4, -0.2) is 24.4 Å². The quantitative estimate of drug-likeness (QED) is 0.419. The molecule has 0 atom stereocenters. The molecule has 1 heterocycles. The number of hydrogen-bond donors (Lipinski definition) is 0. The highest BCUT2D eigenvalue weighted by Crippen LogP contribution is 2.34. The monoisotopic (exact) mass is 391 g/mol. The third-order valence-corrected chi connectivity index (χ3v) is 4.74. The molecule has 0 saturated carbocycles. The molecule has 134 valence electrons. The average molecular weight is 392 g/mol. The molecule has 1 aliphatic rings. The fourth-order valence-electron chi connectivity index (χ4n) is 2.61. The van der Waals surface area contributed by atoms with E-state index in [1.165, 1.54) is 36.4 Å². The molecule has 0 unspecified atom stereocenters. The number of carbonyl (C=O) groups excluding carboxylic acids is 3. The van der Waals surface area contributed by atoms with Gasteiger partial charge in [-0.05, 0) is 42.8 Å². The number of imide groups is 1. The van der Waals surface area contributed by atoms with Crippen molar-refractivity contribution in [3.63, 3.8) is 0 Å². The van der Waals surface area contributed by atoms with Gasteiger partial charge < -0.3 is 4.74 Å². The number of esters is 1. The summed E-state index contributed by atoms with van der Waals surface area (Å²) >= 11 is 11.9. The highest BCUT2D eigenvalue weighted by molar-refractivity contribution is 6.44. The summed E-state index contributed by atoms with van der Waals surface area (Å²) in [4.78, 5) is 38.1. The van der Waals surface area contributed by atoms with Crippen molar-refractivity contribution in [1.29, 1.82) is 0 Å². The van der Waals surface area contributed by atoms with Crippen LogP contribution in [0.4, 0.5) is 5.69 Å². The summed E-state index contributed by atoms with van der Waals surface area (Å²) in [5.74, 6) is -1.41. The molecule has 5 nitrogen and oxygen atoms in total. The van der Waals surface area contributed by atoms with Crippen LogP contribution in [0.25, 0.3) is 0 Å². The summed E-state index contributed by atoms with van der Waals surface area (Å²) in [5.41, 5.74) is 1.11. The number of halogens is 2. The van der Waals surface area contributed by atoms with Crippen molar-refractivity contribution in [3.8, 4) is 0 Å². The first-order valence-corrected chi connectivity index (χ1v) is 8.84. The van der Waals surface area contributed by atoms with Crippen molar-refractivity contribution in [3.05, 3.63) is 63.1 Å². The number of amides is 2. The van der Waals surface area contributed by atoms with Crippen molar-refractivity contribution >= 4 is 46.7 Å². The number of anilines is 1. The average Bonchev–Trinajstić information content (AvgIpc) is 2.86. The number of fused-ring (bicyclic) bond motifs is 1. The number of ether oxygens (including phenoxy) is 1. The van der Waals surface area contributed by atoms with Crippen LogP contribution in [0.3, 0.4) is 0 Å². The Bertz CT molecular complexity index is 852. The van der Waals surface area contributed by atoms with Crippen LogP contribution in [-0.2, 0) is 4.74 Å². The lowest BCUT2D eigenvalue weighted by molar-refractivity contribution is 0.0499. The van der Waals surface area contributed by atoms with E-state index in [1.54, 1.807) is 0 Å². The van der Waals surface area contributed by atoms with Crippen molar-refractivity contribution in [1.82, 2.24) is 0 Å². The van der Waals surface area contributed by atoms with Crippen LogP contribution in [0.5, 0.6) is 0 Å². The Morgan fingerprint density at radius 1 is 1.00 bits per heavy atom. The van der Waals surface area contributed by atoms with Gasteiger partial charge in [-0.3, -0.25) is 9.59 Å². The van der Waals surface area contributed by atoms with Gasteiger partial charge in [-0.15, -0.1) is 0 Å². The molecule has 0 spiro atoms. The van der Waals surface area contributed by atoms with Crippen LogP contribution < -0.4 is 4.90 Å². The lowest BCUT2D eigenvalue weighted by Crippen LogP contribution is -2.29. The number of nitrogens with zero attached hydrogens (tertiary/aromatic N) is 1. The zero-order chi connectivity index (χ0) is 18.8. The molecule has 2 aromatic carbocycles. The van der Waals surface area contributed by atoms with Crippen molar-refractivity contribution in [2.45, 2.75) is 19.8 Å². The van der Waals surface area contributed by atoms with Crippen molar-refractivity contribution < 1.29 is 19.1 Å². The van der Waals surface area contributed by atoms with E-state index in [1.807, 2.05) is 6.92 Å². The standard InChI is InChI=1S/C19H15Cl2NO4/c1-2-3-8-26-19(25)11-4-6-12(7-5-11)22-17(23)13-9-15(20)16(21)10-14(13)18(22)24/h4-7,9-10H,2-3,8H2,1H3. The van der Waals surface area contributed by atoms with Gasteiger partial charge in [0.15, 0.2) is 0 Å².